The lowest BCUT2D eigenvalue weighted by Crippen LogP contribution is -2.29. The van der Waals surface area contributed by atoms with Gasteiger partial charge in [0.1, 0.15) is 0 Å². The van der Waals surface area contributed by atoms with E-state index in [1.807, 2.05) is 0 Å². The van der Waals surface area contributed by atoms with Gasteiger partial charge in [-0.3, -0.25) is 9.36 Å². The molecular weight excluding hydrogens is 224 g/mol. The highest BCUT2D eigenvalue weighted by molar-refractivity contribution is 5.55. The summed E-state index contributed by atoms with van der Waals surface area (Å²) in [6.07, 6.45) is -1.15. The van der Waals surface area contributed by atoms with Gasteiger partial charge in [-0.05, 0) is 19.4 Å². The van der Waals surface area contributed by atoms with E-state index in [-0.39, 0.29) is 18.1 Å². The molecule has 3 N–H and O–H groups in total. The first-order valence-electron chi connectivity index (χ1n) is 5.03. The Bertz CT molecular complexity index is 528. The molecule has 1 atom stereocenters. The Morgan fingerprint density at radius 1 is 1.41 bits per heavy atom. The van der Waals surface area contributed by atoms with E-state index in [2.05, 4.69) is 4.85 Å². The lowest BCUT2D eigenvalue weighted by atomic mass is 10.1. The molecular formula is C11H14N2O4. The SMILES string of the molecule is [C-]#[N+]c1c(C)c(C)c(O)n(CC(O)CO)c1=O. The van der Waals surface area contributed by atoms with Crippen LogP contribution in [0.25, 0.3) is 4.85 Å². The van der Waals surface area contributed by atoms with Crippen LogP contribution in [0.4, 0.5) is 5.69 Å². The number of aromatic hydroxyl groups is 1. The summed E-state index contributed by atoms with van der Waals surface area (Å²) in [7, 11) is 0. The third-order valence-electron chi connectivity index (χ3n) is 2.67. The Kier molecular flexibility index (Phi) is 3.89. The third-order valence-corrected chi connectivity index (χ3v) is 2.67. The number of pyridine rings is 1. The van der Waals surface area contributed by atoms with E-state index in [0.717, 1.165) is 4.57 Å². The van der Waals surface area contributed by atoms with Crippen molar-refractivity contribution >= 4 is 5.69 Å². The maximum absolute atomic E-state index is 11.8. The number of hydrogen-bond acceptors (Lipinski definition) is 4. The van der Waals surface area contributed by atoms with E-state index in [1.165, 1.54) is 0 Å². The van der Waals surface area contributed by atoms with Crippen LogP contribution < -0.4 is 5.56 Å². The summed E-state index contributed by atoms with van der Waals surface area (Å²) in [4.78, 5) is 15.0. The molecule has 0 aliphatic carbocycles. The van der Waals surface area contributed by atoms with Crippen molar-refractivity contribution in [2.24, 2.45) is 0 Å². The standard InChI is InChI=1S/C11H14N2O4/c1-6-7(2)10(16)13(4-8(15)5-14)11(17)9(6)12-3/h8,14-16H,4-5H2,1-2H3. The van der Waals surface area contributed by atoms with E-state index < -0.39 is 18.3 Å². The van der Waals surface area contributed by atoms with Crippen LogP contribution in [0.2, 0.25) is 0 Å². The highest BCUT2D eigenvalue weighted by Crippen LogP contribution is 2.24. The monoisotopic (exact) mass is 238 g/mol. The molecule has 0 bridgehead atoms. The smallest absolute Gasteiger partial charge is 0.259 e. The first-order valence-corrected chi connectivity index (χ1v) is 5.03. The van der Waals surface area contributed by atoms with Gasteiger partial charge < -0.3 is 15.3 Å². The highest BCUT2D eigenvalue weighted by Gasteiger charge is 2.17. The lowest BCUT2D eigenvalue weighted by molar-refractivity contribution is 0.0783. The summed E-state index contributed by atoms with van der Waals surface area (Å²) in [6.45, 7) is 9.33. The number of nitrogens with zero attached hydrogens (tertiary/aromatic N) is 2. The van der Waals surface area contributed by atoms with Gasteiger partial charge in [0.15, 0.2) is 5.88 Å². The number of aliphatic hydroxyl groups excluding tert-OH is 2. The zero-order valence-electron chi connectivity index (χ0n) is 9.64. The lowest BCUT2D eigenvalue weighted by Gasteiger charge is -2.16. The molecule has 0 aromatic carbocycles. The van der Waals surface area contributed by atoms with E-state index in [9.17, 15) is 15.0 Å². The van der Waals surface area contributed by atoms with Gasteiger partial charge in [-0.1, -0.05) is 0 Å². The normalized spacial score (nSPS) is 12.2. The summed E-state index contributed by atoms with van der Waals surface area (Å²) >= 11 is 0. The average Bonchev–Trinajstić information content (AvgIpc) is 2.32. The Morgan fingerprint density at radius 3 is 2.47 bits per heavy atom. The molecule has 0 aliphatic rings. The molecule has 0 spiro atoms. The second-order valence-corrected chi connectivity index (χ2v) is 3.79. The van der Waals surface area contributed by atoms with Gasteiger partial charge in [-0.15, -0.1) is 0 Å². The molecule has 0 aliphatic heterocycles. The van der Waals surface area contributed by atoms with Gasteiger partial charge in [0.25, 0.3) is 11.2 Å². The van der Waals surface area contributed by atoms with Gasteiger partial charge in [0.2, 0.25) is 0 Å². The minimum Gasteiger partial charge on any atom is -0.494 e. The van der Waals surface area contributed by atoms with Crippen molar-refractivity contribution in [2.45, 2.75) is 26.5 Å². The van der Waals surface area contributed by atoms with Crippen LogP contribution in [0.3, 0.4) is 0 Å². The number of aliphatic hydroxyl groups is 2. The van der Waals surface area contributed by atoms with E-state index >= 15 is 0 Å². The largest absolute Gasteiger partial charge is 0.494 e. The zero-order valence-corrected chi connectivity index (χ0v) is 9.64. The molecule has 1 aromatic rings. The van der Waals surface area contributed by atoms with Crippen molar-refractivity contribution < 1.29 is 15.3 Å². The third kappa shape index (κ3) is 2.30. The fraction of sp³-hybridized carbons (Fsp3) is 0.455. The molecule has 0 saturated heterocycles. The van der Waals surface area contributed by atoms with Gasteiger partial charge in [0.05, 0.1) is 25.8 Å². The quantitative estimate of drug-likeness (QED) is 0.650. The van der Waals surface area contributed by atoms with Crippen LogP contribution in [0.15, 0.2) is 4.79 Å². The zero-order chi connectivity index (χ0) is 13.2. The second-order valence-electron chi connectivity index (χ2n) is 3.79. The fourth-order valence-electron chi connectivity index (χ4n) is 1.50. The summed E-state index contributed by atoms with van der Waals surface area (Å²) in [5.41, 5.74) is 0.108. The van der Waals surface area contributed by atoms with Crippen LogP contribution in [-0.2, 0) is 6.54 Å². The van der Waals surface area contributed by atoms with Gasteiger partial charge in [0, 0.05) is 5.56 Å². The van der Waals surface area contributed by atoms with Crippen molar-refractivity contribution in [3.8, 4) is 5.88 Å². The minimum absolute atomic E-state index is 0.0783. The van der Waals surface area contributed by atoms with Crippen LogP contribution >= 0.6 is 0 Å². The van der Waals surface area contributed by atoms with E-state index in [4.69, 9.17) is 11.7 Å². The summed E-state index contributed by atoms with van der Waals surface area (Å²) in [5.74, 6) is -0.285. The Hall–Kier alpha value is -1.84. The van der Waals surface area contributed by atoms with Crippen molar-refractivity contribution in [1.29, 1.82) is 0 Å². The first-order chi connectivity index (χ1) is 7.93. The molecule has 92 valence electrons. The molecule has 0 saturated carbocycles. The Labute approximate surface area is 98.2 Å². The van der Waals surface area contributed by atoms with Gasteiger partial charge in [-0.2, -0.15) is 0 Å². The number of hydrogen-bond donors (Lipinski definition) is 3. The molecule has 17 heavy (non-hydrogen) atoms. The van der Waals surface area contributed by atoms with Gasteiger partial charge in [-0.25, -0.2) is 4.85 Å². The molecule has 0 radical (unpaired) electrons. The molecule has 1 rings (SSSR count). The highest BCUT2D eigenvalue weighted by atomic mass is 16.3. The van der Waals surface area contributed by atoms with Crippen LogP contribution in [-0.4, -0.2) is 32.6 Å². The van der Waals surface area contributed by atoms with E-state index in [0.29, 0.717) is 11.1 Å². The molecule has 6 nitrogen and oxygen atoms in total. The Morgan fingerprint density at radius 2 is 2.00 bits per heavy atom. The summed E-state index contributed by atoms with van der Waals surface area (Å²) in [6, 6.07) is 0. The molecule has 1 heterocycles. The molecule has 1 aromatic heterocycles. The van der Waals surface area contributed by atoms with Crippen LogP contribution in [0.5, 0.6) is 5.88 Å². The van der Waals surface area contributed by atoms with Gasteiger partial charge >= 0.3 is 0 Å². The van der Waals surface area contributed by atoms with Crippen molar-refractivity contribution in [1.82, 2.24) is 4.57 Å². The predicted octanol–water partition coefficient (Wildman–Crippen LogP) is 0.0747. The average molecular weight is 238 g/mol. The second kappa shape index (κ2) is 4.99. The summed E-state index contributed by atoms with van der Waals surface area (Å²) in [5, 5.41) is 27.8. The maximum Gasteiger partial charge on any atom is 0.259 e. The molecule has 6 heteroatoms. The Balaban J connectivity index is 3.47. The predicted molar refractivity (Wildman–Crippen MR) is 61.2 cm³/mol. The van der Waals surface area contributed by atoms with Crippen molar-refractivity contribution in [3.63, 3.8) is 0 Å². The topological polar surface area (TPSA) is 87.1 Å². The van der Waals surface area contributed by atoms with Crippen molar-refractivity contribution in [2.75, 3.05) is 6.61 Å². The van der Waals surface area contributed by atoms with Crippen LogP contribution in [0, 0.1) is 20.4 Å². The van der Waals surface area contributed by atoms with Crippen molar-refractivity contribution in [3.05, 3.63) is 32.9 Å². The summed E-state index contributed by atoms with van der Waals surface area (Å²) < 4.78 is 0.899. The molecule has 0 amide bonds. The van der Waals surface area contributed by atoms with Crippen LogP contribution in [0.1, 0.15) is 11.1 Å². The maximum atomic E-state index is 11.8. The fourth-order valence-corrected chi connectivity index (χ4v) is 1.50. The number of aromatic nitrogens is 1. The molecule has 0 fully saturated rings. The first kappa shape index (κ1) is 13.2. The number of rotatable bonds is 3. The van der Waals surface area contributed by atoms with E-state index in [1.54, 1.807) is 13.8 Å². The molecule has 1 unspecified atom stereocenters. The minimum atomic E-state index is -1.15.